The van der Waals surface area contributed by atoms with E-state index in [9.17, 15) is 9.59 Å². The summed E-state index contributed by atoms with van der Waals surface area (Å²) in [4.78, 5) is 23.0. The molecule has 3 aromatic rings. The maximum atomic E-state index is 12.0. The number of amides is 2. The normalized spacial score (nSPS) is 10.3. The lowest BCUT2D eigenvalue weighted by atomic mass is 10.1. The van der Waals surface area contributed by atoms with Gasteiger partial charge in [-0.2, -0.15) is 0 Å². The molecule has 0 heterocycles. The molecule has 0 saturated carbocycles. The Morgan fingerprint density at radius 3 is 2.38 bits per heavy atom. The highest BCUT2D eigenvalue weighted by Crippen LogP contribution is 2.20. The fraction of sp³-hybridized carbons (Fsp3) is 0.143. The summed E-state index contributed by atoms with van der Waals surface area (Å²) in [5.41, 5.74) is 1.67. The van der Waals surface area contributed by atoms with Gasteiger partial charge >= 0.3 is 0 Å². The molecular formula is C21H20N2O3. The molecule has 0 spiro atoms. The number of carbonyl (C=O) groups is 2. The minimum absolute atomic E-state index is 0.0394. The standard InChI is InChI=1S/C21H20N2O3/c1-15(24)23-19-9-6-16(7-10-19)13-22-21(25)14-26-20-11-8-17-4-2-3-5-18(17)12-20/h2-12H,13-14H2,1H3,(H,22,25)(H,23,24). The second kappa shape index (κ2) is 8.16. The van der Waals surface area contributed by atoms with Crippen LogP contribution < -0.4 is 15.4 Å². The number of benzene rings is 3. The topological polar surface area (TPSA) is 67.4 Å². The van der Waals surface area contributed by atoms with Gasteiger partial charge in [-0.1, -0.05) is 42.5 Å². The molecule has 0 radical (unpaired) electrons. The number of anilines is 1. The largest absolute Gasteiger partial charge is 0.484 e. The van der Waals surface area contributed by atoms with E-state index in [4.69, 9.17) is 4.74 Å². The molecule has 0 aliphatic rings. The van der Waals surface area contributed by atoms with E-state index in [1.165, 1.54) is 6.92 Å². The molecule has 3 aromatic carbocycles. The first-order valence-corrected chi connectivity index (χ1v) is 8.35. The molecule has 0 aliphatic heterocycles. The Morgan fingerprint density at radius 1 is 0.923 bits per heavy atom. The van der Waals surface area contributed by atoms with E-state index in [1.807, 2.05) is 54.6 Å². The third-order valence-corrected chi connectivity index (χ3v) is 3.85. The van der Waals surface area contributed by atoms with Gasteiger partial charge in [-0.15, -0.1) is 0 Å². The van der Waals surface area contributed by atoms with Gasteiger partial charge in [-0.05, 0) is 40.6 Å². The van der Waals surface area contributed by atoms with Gasteiger partial charge in [0.1, 0.15) is 5.75 Å². The summed E-state index contributed by atoms with van der Waals surface area (Å²) < 4.78 is 5.57. The van der Waals surface area contributed by atoms with Crippen molar-refractivity contribution in [2.24, 2.45) is 0 Å². The minimum atomic E-state index is -0.191. The van der Waals surface area contributed by atoms with Crippen LogP contribution >= 0.6 is 0 Å². The van der Waals surface area contributed by atoms with E-state index in [2.05, 4.69) is 10.6 Å². The van der Waals surface area contributed by atoms with E-state index in [-0.39, 0.29) is 18.4 Å². The van der Waals surface area contributed by atoms with Gasteiger partial charge in [-0.25, -0.2) is 0 Å². The zero-order chi connectivity index (χ0) is 18.4. The monoisotopic (exact) mass is 348 g/mol. The number of carbonyl (C=O) groups excluding carboxylic acids is 2. The van der Waals surface area contributed by atoms with Crippen molar-refractivity contribution < 1.29 is 14.3 Å². The fourth-order valence-corrected chi connectivity index (χ4v) is 2.57. The molecule has 0 saturated heterocycles. The Bertz CT molecular complexity index is 920. The van der Waals surface area contributed by atoms with Crippen molar-refractivity contribution >= 4 is 28.3 Å². The molecule has 0 unspecified atom stereocenters. The number of hydrogen-bond acceptors (Lipinski definition) is 3. The molecule has 2 amide bonds. The molecule has 132 valence electrons. The summed E-state index contributed by atoms with van der Waals surface area (Å²) in [5, 5.41) is 7.72. The van der Waals surface area contributed by atoms with Crippen LogP contribution in [0.5, 0.6) is 5.75 Å². The van der Waals surface area contributed by atoms with Gasteiger partial charge in [0, 0.05) is 19.2 Å². The smallest absolute Gasteiger partial charge is 0.258 e. The zero-order valence-corrected chi connectivity index (χ0v) is 14.5. The second-order valence-electron chi connectivity index (χ2n) is 5.95. The van der Waals surface area contributed by atoms with Crippen molar-refractivity contribution in [1.82, 2.24) is 5.32 Å². The maximum Gasteiger partial charge on any atom is 0.258 e. The molecule has 0 fully saturated rings. The minimum Gasteiger partial charge on any atom is -0.484 e. The average Bonchev–Trinajstić information content (AvgIpc) is 2.65. The van der Waals surface area contributed by atoms with Crippen molar-refractivity contribution in [3.05, 3.63) is 72.3 Å². The molecule has 0 aliphatic carbocycles. The molecule has 0 aromatic heterocycles. The van der Waals surface area contributed by atoms with Gasteiger partial charge in [-0.3, -0.25) is 9.59 Å². The first-order chi connectivity index (χ1) is 12.6. The quantitative estimate of drug-likeness (QED) is 0.716. The number of rotatable bonds is 6. The summed E-state index contributed by atoms with van der Waals surface area (Å²) in [6.45, 7) is 1.83. The van der Waals surface area contributed by atoms with E-state index >= 15 is 0 Å². The first-order valence-electron chi connectivity index (χ1n) is 8.35. The summed E-state index contributed by atoms with van der Waals surface area (Å²) in [5.74, 6) is 0.361. The molecule has 0 atom stereocenters. The maximum absolute atomic E-state index is 12.0. The lowest BCUT2D eigenvalue weighted by Crippen LogP contribution is -2.28. The highest BCUT2D eigenvalue weighted by molar-refractivity contribution is 5.88. The van der Waals surface area contributed by atoms with Crippen molar-refractivity contribution in [2.45, 2.75) is 13.5 Å². The molecule has 2 N–H and O–H groups in total. The number of hydrogen-bond donors (Lipinski definition) is 2. The van der Waals surface area contributed by atoms with Crippen LogP contribution in [0.1, 0.15) is 12.5 Å². The number of ether oxygens (including phenoxy) is 1. The molecule has 26 heavy (non-hydrogen) atoms. The molecule has 3 rings (SSSR count). The highest BCUT2D eigenvalue weighted by atomic mass is 16.5. The fourth-order valence-electron chi connectivity index (χ4n) is 2.57. The van der Waals surface area contributed by atoms with Gasteiger partial charge in [0.15, 0.2) is 6.61 Å². The van der Waals surface area contributed by atoms with Crippen LogP contribution in [0.25, 0.3) is 10.8 Å². The third-order valence-electron chi connectivity index (χ3n) is 3.85. The number of fused-ring (bicyclic) bond motifs is 1. The van der Waals surface area contributed by atoms with Crippen molar-refractivity contribution in [3.8, 4) is 5.75 Å². The second-order valence-corrected chi connectivity index (χ2v) is 5.95. The van der Waals surface area contributed by atoms with Gasteiger partial charge < -0.3 is 15.4 Å². The van der Waals surface area contributed by atoms with Crippen LogP contribution in [-0.2, 0) is 16.1 Å². The predicted octanol–water partition coefficient (Wildman–Crippen LogP) is 3.49. The predicted molar refractivity (Wildman–Crippen MR) is 102 cm³/mol. The average molecular weight is 348 g/mol. The van der Waals surface area contributed by atoms with Crippen LogP contribution in [0.3, 0.4) is 0 Å². The van der Waals surface area contributed by atoms with Gasteiger partial charge in [0.05, 0.1) is 0 Å². The Balaban J connectivity index is 1.48. The summed E-state index contributed by atoms with van der Waals surface area (Å²) in [6, 6.07) is 21.1. The van der Waals surface area contributed by atoms with Crippen molar-refractivity contribution in [1.29, 1.82) is 0 Å². The van der Waals surface area contributed by atoms with Gasteiger partial charge in [0.25, 0.3) is 5.91 Å². The van der Waals surface area contributed by atoms with E-state index in [0.717, 1.165) is 22.0 Å². The third kappa shape index (κ3) is 4.83. The van der Waals surface area contributed by atoms with Crippen LogP contribution in [0, 0.1) is 0 Å². The van der Waals surface area contributed by atoms with Crippen LogP contribution in [-0.4, -0.2) is 18.4 Å². The SMILES string of the molecule is CC(=O)Nc1ccc(CNC(=O)COc2ccc3ccccc3c2)cc1. The Morgan fingerprint density at radius 2 is 1.65 bits per heavy atom. The molecule has 5 heteroatoms. The molecule has 5 nitrogen and oxygen atoms in total. The number of nitrogens with one attached hydrogen (secondary N) is 2. The van der Waals surface area contributed by atoms with E-state index in [1.54, 1.807) is 12.1 Å². The van der Waals surface area contributed by atoms with Crippen molar-refractivity contribution in [2.75, 3.05) is 11.9 Å². The highest BCUT2D eigenvalue weighted by Gasteiger charge is 2.04. The zero-order valence-electron chi connectivity index (χ0n) is 14.5. The van der Waals surface area contributed by atoms with E-state index in [0.29, 0.717) is 12.3 Å². The molecular weight excluding hydrogens is 328 g/mol. The Hall–Kier alpha value is -3.34. The van der Waals surface area contributed by atoms with Crippen molar-refractivity contribution in [3.63, 3.8) is 0 Å². The Labute approximate surface area is 152 Å². The summed E-state index contributed by atoms with van der Waals surface area (Å²) in [7, 11) is 0. The lowest BCUT2D eigenvalue weighted by molar-refractivity contribution is -0.123. The van der Waals surface area contributed by atoms with Crippen LogP contribution in [0.15, 0.2) is 66.7 Å². The summed E-state index contributed by atoms with van der Waals surface area (Å²) >= 11 is 0. The van der Waals surface area contributed by atoms with Gasteiger partial charge in [0.2, 0.25) is 5.91 Å². The summed E-state index contributed by atoms with van der Waals surface area (Å²) in [6.07, 6.45) is 0. The Kier molecular flexibility index (Phi) is 5.49. The molecule has 0 bridgehead atoms. The van der Waals surface area contributed by atoms with Crippen LogP contribution in [0.2, 0.25) is 0 Å². The lowest BCUT2D eigenvalue weighted by Gasteiger charge is -2.09. The van der Waals surface area contributed by atoms with Crippen LogP contribution in [0.4, 0.5) is 5.69 Å². The first kappa shape index (κ1) is 17.5. The van der Waals surface area contributed by atoms with E-state index < -0.39 is 0 Å².